The van der Waals surface area contributed by atoms with Crippen molar-refractivity contribution < 1.29 is 9.53 Å². The molecule has 4 heteroatoms. The second-order valence-electron chi connectivity index (χ2n) is 4.66. The summed E-state index contributed by atoms with van der Waals surface area (Å²) in [5.74, 6) is -0.401. The van der Waals surface area contributed by atoms with Crippen LogP contribution < -0.4 is 11.1 Å². The van der Waals surface area contributed by atoms with Crippen LogP contribution in [0.5, 0.6) is 0 Å². The van der Waals surface area contributed by atoms with Crippen LogP contribution in [0.25, 0.3) is 0 Å². The van der Waals surface area contributed by atoms with Crippen LogP contribution in [0.4, 0.5) is 17.1 Å². The van der Waals surface area contributed by atoms with Crippen LogP contribution in [0, 0.1) is 0 Å². The van der Waals surface area contributed by atoms with Crippen LogP contribution in [-0.2, 0) is 11.2 Å². The zero-order valence-electron chi connectivity index (χ0n) is 12.3. The number of carbonyl (C=O) groups excluding carboxylic acids is 1. The van der Waals surface area contributed by atoms with E-state index in [0.29, 0.717) is 17.9 Å². The molecule has 0 fully saturated rings. The lowest BCUT2D eigenvalue weighted by Crippen LogP contribution is -2.08. The molecule has 0 aliphatic heterocycles. The van der Waals surface area contributed by atoms with E-state index >= 15 is 0 Å². The fraction of sp³-hybridized carbons (Fsp3) is 0.235. The van der Waals surface area contributed by atoms with E-state index in [-0.39, 0.29) is 0 Å². The predicted octanol–water partition coefficient (Wildman–Crippen LogP) is 3.75. The Balaban J connectivity index is 2.29. The molecule has 110 valence electrons. The summed E-state index contributed by atoms with van der Waals surface area (Å²) in [7, 11) is 0. The Kier molecular flexibility index (Phi) is 4.82. The zero-order valence-corrected chi connectivity index (χ0v) is 12.3. The number of esters is 1. The van der Waals surface area contributed by atoms with E-state index < -0.39 is 5.97 Å². The summed E-state index contributed by atoms with van der Waals surface area (Å²) in [4.78, 5) is 11.9. The molecule has 0 saturated carbocycles. The monoisotopic (exact) mass is 284 g/mol. The number of ether oxygens (including phenoxy) is 1. The van der Waals surface area contributed by atoms with E-state index in [2.05, 4.69) is 18.3 Å². The molecule has 2 aromatic carbocycles. The molecule has 0 amide bonds. The van der Waals surface area contributed by atoms with Gasteiger partial charge in [-0.1, -0.05) is 25.1 Å². The number of aryl methyl sites for hydroxylation is 1. The molecule has 0 atom stereocenters. The molecule has 0 heterocycles. The average molecular weight is 284 g/mol. The van der Waals surface area contributed by atoms with Crippen molar-refractivity contribution in [1.29, 1.82) is 0 Å². The summed E-state index contributed by atoms with van der Waals surface area (Å²) in [6, 6.07) is 13.4. The van der Waals surface area contributed by atoms with Crippen LogP contribution in [0.1, 0.15) is 29.8 Å². The summed E-state index contributed by atoms with van der Waals surface area (Å²) < 4.78 is 5.01. The van der Waals surface area contributed by atoms with Gasteiger partial charge in [0.25, 0.3) is 0 Å². The summed E-state index contributed by atoms with van der Waals surface area (Å²) in [6.07, 6.45) is 0.933. The Morgan fingerprint density at radius 2 is 1.95 bits per heavy atom. The van der Waals surface area contributed by atoms with Gasteiger partial charge in [-0.05, 0) is 43.2 Å². The molecule has 0 bridgehead atoms. The van der Waals surface area contributed by atoms with Gasteiger partial charge < -0.3 is 15.8 Å². The third-order valence-electron chi connectivity index (χ3n) is 3.23. The van der Waals surface area contributed by atoms with E-state index in [1.54, 1.807) is 19.1 Å². The van der Waals surface area contributed by atoms with Crippen molar-refractivity contribution in [3.05, 3.63) is 53.6 Å². The van der Waals surface area contributed by atoms with Crippen LogP contribution in [-0.4, -0.2) is 12.6 Å². The topological polar surface area (TPSA) is 64.3 Å². The average Bonchev–Trinajstić information content (AvgIpc) is 2.50. The Morgan fingerprint density at radius 1 is 1.19 bits per heavy atom. The van der Waals surface area contributed by atoms with Gasteiger partial charge >= 0.3 is 5.97 Å². The van der Waals surface area contributed by atoms with Crippen molar-refractivity contribution in [2.75, 3.05) is 17.7 Å². The predicted molar refractivity (Wildman–Crippen MR) is 85.9 cm³/mol. The summed E-state index contributed by atoms with van der Waals surface area (Å²) in [6.45, 7) is 4.20. The highest BCUT2D eigenvalue weighted by atomic mass is 16.5. The molecular formula is C17H20N2O2. The number of benzene rings is 2. The van der Waals surface area contributed by atoms with Gasteiger partial charge in [-0.2, -0.15) is 0 Å². The maximum atomic E-state index is 11.9. The Labute approximate surface area is 124 Å². The fourth-order valence-corrected chi connectivity index (χ4v) is 2.13. The molecular weight excluding hydrogens is 264 g/mol. The second kappa shape index (κ2) is 6.79. The number of rotatable bonds is 5. The third-order valence-corrected chi connectivity index (χ3v) is 3.23. The van der Waals surface area contributed by atoms with Gasteiger partial charge in [-0.15, -0.1) is 0 Å². The van der Waals surface area contributed by atoms with Crippen LogP contribution in [0.2, 0.25) is 0 Å². The molecule has 0 radical (unpaired) electrons. The summed E-state index contributed by atoms with van der Waals surface area (Å²) >= 11 is 0. The van der Waals surface area contributed by atoms with E-state index in [1.165, 1.54) is 5.56 Å². The first-order valence-electron chi connectivity index (χ1n) is 7.07. The summed E-state index contributed by atoms with van der Waals surface area (Å²) in [5.41, 5.74) is 9.70. The standard InChI is InChI=1S/C17H20N2O2/c1-3-12-7-5-6-8-16(12)19-13-9-10-15(18)14(11-13)17(20)21-4-2/h5-11,19H,3-4,18H2,1-2H3. The molecule has 0 spiro atoms. The smallest absolute Gasteiger partial charge is 0.340 e. The van der Waals surface area contributed by atoms with Gasteiger partial charge in [0.2, 0.25) is 0 Å². The van der Waals surface area contributed by atoms with Gasteiger partial charge in [-0.25, -0.2) is 4.79 Å². The molecule has 0 aliphatic carbocycles. The van der Waals surface area contributed by atoms with Crippen molar-refractivity contribution >= 4 is 23.0 Å². The van der Waals surface area contributed by atoms with Gasteiger partial charge in [0.05, 0.1) is 12.2 Å². The molecule has 4 nitrogen and oxygen atoms in total. The first-order valence-corrected chi connectivity index (χ1v) is 7.07. The van der Waals surface area contributed by atoms with Gasteiger partial charge in [0.15, 0.2) is 0 Å². The molecule has 2 aromatic rings. The number of nitrogen functional groups attached to an aromatic ring is 1. The fourth-order valence-electron chi connectivity index (χ4n) is 2.13. The van der Waals surface area contributed by atoms with Crippen LogP contribution in [0.15, 0.2) is 42.5 Å². The maximum Gasteiger partial charge on any atom is 0.340 e. The Hall–Kier alpha value is -2.49. The lowest BCUT2D eigenvalue weighted by molar-refractivity contribution is 0.0527. The lowest BCUT2D eigenvalue weighted by Gasteiger charge is -2.13. The zero-order chi connectivity index (χ0) is 15.2. The van der Waals surface area contributed by atoms with Crippen molar-refractivity contribution in [2.45, 2.75) is 20.3 Å². The number of nitrogens with one attached hydrogen (secondary N) is 1. The molecule has 0 aliphatic rings. The number of para-hydroxylation sites is 1. The van der Waals surface area contributed by atoms with Gasteiger partial charge in [0.1, 0.15) is 0 Å². The number of hydrogen-bond acceptors (Lipinski definition) is 4. The number of anilines is 3. The lowest BCUT2D eigenvalue weighted by atomic mass is 10.1. The number of nitrogens with two attached hydrogens (primary N) is 1. The number of hydrogen-bond donors (Lipinski definition) is 2. The molecule has 2 rings (SSSR count). The quantitative estimate of drug-likeness (QED) is 0.648. The SMILES string of the molecule is CCOC(=O)c1cc(Nc2ccccc2CC)ccc1N. The second-order valence-corrected chi connectivity index (χ2v) is 4.66. The minimum atomic E-state index is -0.401. The van der Waals surface area contributed by atoms with Crippen molar-refractivity contribution in [3.63, 3.8) is 0 Å². The Morgan fingerprint density at radius 3 is 2.67 bits per heavy atom. The normalized spacial score (nSPS) is 10.2. The van der Waals surface area contributed by atoms with Crippen LogP contribution >= 0.6 is 0 Å². The first-order chi connectivity index (χ1) is 10.2. The van der Waals surface area contributed by atoms with Crippen molar-refractivity contribution in [1.82, 2.24) is 0 Å². The molecule has 0 aromatic heterocycles. The van der Waals surface area contributed by atoms with Crippen molar-refractivity contribution in [3.8, 4) is 0 Å². The summed E-state index contributed by atoms with van der Waals surface area (Å²) in [5, 5.41) is 3.32. The molecule has 0 unspecified atom stereocenters. The minimum absolute atomic E-state index is 0.328. The highest BCUT2D eigenvalue weighted by Gasteiger charge is 2.12. The van der Waals surface area contributed by atoms with E-state index in [9.17, 15) is 4.79 Å². The first kappa shape index (κ1) is 14.9. The minimum Gasteiger partial charge on any atom is -0.462 e. The third kappa shape index (κ3) is 3.54. The van der Waals surface area contributed by atoms with E-state index in [1.807, 2.05) is 24.3 Å². The van der Waals surface area contributed by atoms with E-state index in [4.69, 9.17) is 10.5 Å². The Bertz CT molecular complexity index is 638. The van der Waals surface area contributed by atoms with Gasteiger partial charge in [0, 0.05) is 17.1 Å². The van der Waals surface area contributed by atoms with Crippen molar-refractivity contribution in [2.24, 2.45) is 0 Å². The van der Waals surface area contributed by atoms with Gasteiger partial charge in [-0.3, -0.25) is 0 Å². The largest absolute Gasteiger partial charge is 0.462 e. The highest BCUT2D eigenvalue weighted by molar-refractivity contribution is 5.96. The number of carbonyl (C=O) groups is 1. The molecule has 0 saturated heterocycles. The van der Waals surface area contributed by atoms with E-state index in [0.717, 1.165) is 17.8 Å². The van der Waals surface area contributed by atoms with Crippen LogP contribution in [0.3, 0.4) is 0 Å². The highest BCUT2D eigenvalue weighted by Crippen LogP contribution is 2.24. The molecule has 3 N–H and O–H groups in total. The molecule has 21 heavy (non-hydrogen) atoms. The maximum absolute atomic E-state index is 11.9.